The van der Waals surface area contributed by atoms with Gasteiger partial charge in [-0.15, -0.1) is 11.3 Å². The SMILES string of the molecule is O=C(NC[C@@H]1Cc2ccccc2O1)Nc1ccc(-c2nccs2)cc1. The summed E-state index contributed by atoms with van der Waals surface area (Å²) in [7, 11) is 0. The molecule has 1 aliphatic heterocycles. The molecule has 126 valence electrons. The van der Waals surface area contributed by atoms with Crippen molar-refractivity contribution in [1.82, 2.24) is 10.3 Å². The molecule has 2 N–H and O–H groups in total. The van der Waals surface area contributed by atoms with Crippen molar-refractivity contribution in [3.05, 3.63) is 65.7 Å². The van der Waals surface area contributed by atoms with Crippen molar-refractivity contribution in [2.45, 2.75) is 12.5 Å². The van der Waals surface area contributed by atoms with Crippen molar-refractivity contribution < 1.29 is 9.53 Å². The second kappa shape index (κ2) is 6.94. The number of amides is 2. The van der Waals surface area contributed by atoms with Crippen LogP contribution < -0.4 is 15.4 Å². The molecule has 1 aliphatic rings. The molecule has 6 heteroatoms. The molecule has 3 aromatic rings. The molecular formula is C19H17N3O2S. The Morgan fingerprint density at radius 1 is 1.20 bits per heavy atom. The summed E-state index contributed by atoms with van der Waals surface area (Å²) in [6, 6.07) is 15.4. The second-order valence-electron chi connectivity index (χ2n) is 5.80. The molecule has 2 aromatic carbocycles. The van der Waals surface area contributed by atoms with E-state index in [4.69, 9.17) is 4.74 Å². The maximum Gasteiger partial charge on any atom is 0.319 e. The molecule has 25 heavy (non-hydrogen) atoms. The van der Waals surface area contributed by atoms with Crippen molar-refractivity contribution >= 4 is 23.1 Å². The number of thiazole rings is 1. The second-order valence-corrected chi connectivity index (χ2v) is 6.70. The van der Waals surface area contributed by atoms with Crippen molar-refractivity contribution in [3.63, 3.8) is 0 Å². The number of carbonyl (C=O) groups excluding carboxylic acids is 1. The lowest BCUT2D eigenvalue weighted by molar-refractivity contribution is 0.219. The Bertz CT molecular complexity index is 838. The first-order chi connectivity index (χ1) is 12.3. The lowest BCUT2D eigenvalue weighted by Gasteiger charge is -2.13. The topological polar surface area (TPSA) is 63.2 Å². The fourth-order valence-corrected chi connectivity index (χ4v) is 3.46. The molecule has 4 rings (SSSR count). The Morgan fingerprint density at radius 3 is 2.80 bits per heavy atom. The first-order valence-corrected chi connectivity index (χ1v) is 8.95. The Balaban J connectivity index is 1.28. The number of benzene rings is 2. The maximum absolute atomic E-state index is 12.1. The van der Waals surface area contributed by atoms with Gasteiger partial charge in [-0.3, -0.25) is 0 Å². The third-order valence-corrected chi connectivity index (χ3v) is 4.85. The number of urea groups is 1. The van der Waals surface area contributed by atoms with Crippen LogP contribution in [0, 0.1) is 0 Å². The van der Waals surface area contributed by atoms with Crippen LogP contribution in [0.4, 0.5) is 10.5 Å². The van der Waals surface area contributed by atoms with E-state index in [-0.39, 0.29) is 12.1 Å². The minimum atomic E-state index is -0.235. The maximum atomic E-state index is 12.1. The Hall–Kier alpha value is -2.86. The molecule has 0 saturated heterocycles. The summed E-state index contributed by atoms with van der Waals surface area (Å²) in [5.74, 6) is 0.910. The molecule has 1 atom stereocenters. The molecule has 2 heterocycles. The smallest absolute Gasteiger partial charge is 0.319 e. The number of hydrogen-bond donors (Lipinski definition) is 2. The molecule has 0 aliphatic carbocycles. The van der Waals surface area contributed by atoms with Gasteiger partial charge in [0.25, 0.3) is 0 Å². The zero-order chi connectivity index (χ0) is 17.1. The van der Waals surface area contributed by atoms with Crippen LogP contribution in [0.3, 0.4) is 0 Å². The average molecular weight is 351 g/mol. The fourth-order valence-electron chi connectivity index (χ4n) is 2.81. The highest BCUT2D eigenvalue weighted by Crippen LogP contribution is 2.27. The highest BCUT2D eigenvalue weighted by molar-refractivity contribution is 7.13. The standard InChI is InChI=1S/C19H17N3O2S/c23-19(21-12-16-11-14-3-1-2-4-17(14)24-16)22-15-7-5-13(6-8-15)18-20-9-10-25-18/h1-10,16H,11-12H2,(H2,21,22,23)/t16-/m0/s1. The molecule has 2 amide bonds. The highest BCUT2D eigenvalue weighted by Gasteiger charge is 2.22. The molecule has 0 unspecified atom stereocenters. The first-order valence-electron chi connectivity index (χ1n) is 8.07. The summed E-state index contributed by atoms with van der Waals surface area (Å²) in [4.78, 5) is 16.3. The third-order valence-electron chi connectivity index (χ3n) is 4.03. The van der Waals surface area contributed by atoms with Gasteiger partial charge in [-0.1, -0.05) is 18.2 Å². The number of carbonyl (C=O) groups is 1. The average Bonchev–Trinajstić information content (AvgIpc) is 3.30. The third kappa shape index (κ3) is 3.64. The van der Waals surface area contributed by atoms with Gasteiger partial charge in [0.15, 0.2) is 0 Å². The van der Waals surface area contributed by atoms with Gasteiger partial charge in [0.05, 0.1) is 6.54 Å². The minimum Gasteiger partial charge on any atom is -0.488 e. The van der Waals surface area contributed by atoms with Crippen LogP contribution in [0.25, 0.3) is 10.6 Å². The lowest BCUT2D eigenvalue weighted by atomic mass is 10.1. The van der Waals surface area contributed by atoms with Gasteiger partial charge >= 0.3 is 6.03 Å². The largest absolute Gasteiger partial charge is 0.488 e. The molecule has 1 aromatic heterocycles. The number of anilines is 1. The number of para-hydroxylation sites is 1. The van der Waals surface area contributed by atoms with Crippen LogP contribution >= 0.6 is 11.3 Å². The number of aromatic nitrogens is 1. The summed E-state index contributed by atoms with van der Waals surface area (Å²) in [5.41, 5.74) is 2.97. The van der Waals surface area contributed by atoms with E-state index in [1.807, 2.05) is 47.8 Å². The van der Waals surface area contributed by atoms with Gasteiger partial charge in [0.2, 0.25) is 0 Å². The highest BCUT2D eigenvalue weighted by atomic mass is 32.1. The molecule has 5 nitrogen and oxygen atoms in total. The number of nitrogens with one attached hydrogen (secondary N) is 2. The lowest BCUT2D eigenvalue weighted by Crippen LogP contribution is -2.37. The number of fused-ring (bicyclic) bond motifs is 1. The molecule has 0 bridgehead atoms. The van der Waals surface area contributed by atoms with Crippen LogP contribution in [-0.4, -0.2) is 23.7 Å². The normalized spacial score (nSPS) is 15.3. The van der Waals surface area contributed by atoms with E-state index in [0.717, 1.165) is 28.4 Å². The molecular weight excluding hydrogens is 334 g/mol. The van der Waals surface area contributed by atoms with Gasteiger partial charge in [0.1, 0.15) is 16.9 Å². The quantitative estimate of drug-likeness (QED) is 0.748. The van der Waals surface area contributed by atoms with Crippen molar-refractivity contribution in [2.24, 2.45) is 0 Å². The molecule has 0 saturated carbocycles. The van der Waals surface area contributed by atoms with Crippen molar-refractivity contribution in [3.8, 4) is 16.3 Å². The van der Waals surface area contributed by atoms with E-state index in [9.17, 15) is 4.79 Å². The van der Waals surface area contributed by atoms with Crippen LogP contribution in [0.15, 0.2) is 60.1 Å². The molecule has 0 fully saturated rings. The van der Waals surface area contributed by atoms with Gasteiger partial charge < -0.3 is 15.4 Å². The van der Waals surface area contributed by atoms with Gasteiger partial charge in [-0.05, 0) is 35.9 Å². The van der Waals surface area contributed by atoms with Crippen LogP contribution in [0.1, 0.15) is 5.56 Å². The monoisotopic (exact) mass is 351 g/mol. The van der Waals surface area contributed by atoms with Crippen LogP contribution in [0.5, 0.6) is 5.75 Å². The number of nitrogens with zero attached hydrogens (tertiary/aromatic N) is 1. The van der Waals surface area contributed by atoms with Gasteiger partial charge in [0, 0.05) is 29.2 Å². The summed E-state index contributed by atoms with van der Waals surface area (Å²) in [6.07, 6.45) is 2.58. The van der Waals surface area contributed by atoms with Gasteiger partial charge in [-0.25, -0.2) is 9.78 Å². The molecule has 0 radical (unpaired) electrons. The molecule has 0 spiro atoms. The van der Waals surface area contributed by atoms with Crippen LogP contribution in [0.2, 0.25) is 0 Å². The zero-order valence-corrected chi connectivity index (χ0v) is 14.3. The Morgan fingerprint density at radius 2 is 2.04 bits per heavy atom. The summed E-state index contributed by atoms with van der Waals surface area (Å²) >= 11 is 1.59. The van der Waals surface area contributed by atoms with Gasteiger partial charge in [-0.2, -0.15) is 0 Å². The first kappa shape index (κ1) is 15.7. The van der Waals surface area contributed by atoms with Crippen molar-refractivity contribution in [1.29, 1.82) is 0 Å². The summed E-state index contributed by atoms with van der Waals surface area (Å²) in [5, 5.41) is 8.61. The van der Waals surface area contributed by atoms with E-state index < -0.39 is 0 Å². The van der Waals surface area contributed by atoms with E-state index in [0.29, 0.717) is 6.54 Å². The Labute approximate surface area is 149 Å². The number of rotatable bonds is 4. The fraction of sp³-hybridized carbons (Fsp3) is 0.158. The predicted octanol–water partition coefficient (Wildman–Crippen LogP) is 3.94. The van der Waals surface area contributed by atoms with E-state index in [1.165, 1.54) is 5.56 Å². The summed E-state index contributed by atoms with van der Waals surface area (Å²) < 4.78 is 5.82. The van der Waals surface area contributed by atoms with Crippen LogP contribution in [-0.2, 0) is 6.42 Å². The Kier molecular flexibility index (Phi) is 4.35. The summed E-state index contributed by atoms with van der Waals surface area (Å²) in [6.45, 7) is 0.470. The zero-order valence-electron chi connectivity index (χ0n) is 13.4. The number of hydrogen-bond acceptors (Lipinski definition) is 4. The predicted molar refractivity (Wildman–Crippen MR) is 99.1 cm³/mol. The van der Waals surface area contributed by atoms with E-state index in [2.05, 4.69) is 21.7 Å². The number of ether oxygens (including phenoxy) is 1. The van der Waals surface area contributed by atoms with E-state index >= 15 is 0 Å². The van der Waals surface area contributed by atoms with Crippen molar-refractivity contribution in [2.75, 3.05) is 11.9 Å². The minimum absolute atomic E-state index is 0.0181. The van der Waals surface area contributed by atoms with E-state index in [1.54, 1.807) is 17.5 Å².